The van der Waals surface area contributed by atoms with E-state index in [-0.39, 0.29) is 18.4 Å². The zero-order valence-electron chi connectivity index (χ0n) is 10.6. The molecule has 0 unspecified atom stereocenters. The Kier molecular flexibility index (Phi) is 6.10. The molecule has 2 N–H and O–H groups in total. The molecule has 108 valence electrons. The van der Waals surface area contributed by atoms with Gasteiger partial charge in [0, 0.05) is 23.3 Å². The fourth-order valence-electron chi connectivity index (χ4n) is 1.40. The zero-order valence-corrected chi connectivity index (χ0v) is 12.2. The van der Waals surface area contributed by atoms with E-state index in [9.17, 15) is 14.4 Å². The molecule has 1 heterocycles. The van der Waals surface area contributed by atoms with E-state index < -0.39 is 23.9 Å². The standard InChI is InChI=1S/C12H13BrN2O5/c1-20-10(16)3-2-9(12(18)19)15-11(17)7-4-8(13)6-14-5-7/h4-6,9H,2-3H2,1H3,(H,15,17)(H,18,19)/t9-/m0/s1. The number of carbonyl (C=O) groups is 3. The molecule has 0 aromatic carbocycles. The van der Waals surface area contributed by atoms with Gasteiger partial charge in [0.05, 0.1) is 12.7 Å². The highest BCUT2D eigenvalue weighted by Gasteiger charge is 2.22. The van der Waals surface area contributed by atoms with Gasteiger partial charge < -0.3 is 15.2 Å². The molecule has 0 aliphatic rings. The third kappa shape index (κ3) is 4.96. The molecular weight excluding hydrogens is 332 g/mol. The van der Waals surface area contributed by atoms with Crippen molar-refractivity contribution in [3.8, 4) is 0 Å². The number of aliphatic carboxylic acids is 1. The molecule has 0 fully saturated rings. The SMILES string of the molecule is COC(=O)CC[C@H](NC(=O)c1cncc(Br)c1)C(=O)O. The van der Waals surface area contributed by atoms with Gasteiger partial charge in [-0.25, -0.2) is 4.79 Å². The molecule has 0 spiro atoms. The van der Waals surface area contributed by atoms with E-state index in [1.54, 1.807) is 0 Å². The molecule has 20 heavy (non-hydrogen) atoms. The summed E-state index contributed by atoms with van der Waals surface area (Å²) in [5, 5.41) is 11.3. The number of rotatable bonds is 6. The van der Waals surface area contributed by atoms with Crippen molar-refractivity contribution in [2.24, 2.45) is 0 Å². The van der Waals surface area contributed by atoms with Crippen LogP contribution in [0.5, 0.6) is 0 Å². The van der Waals surface area contributed by atoms with Crippen LogP contribution in [0, 0.1) is 0 Å². The summed E-state index contributed by atoms with van der Waals surface area (Å²) in [5.41, 5.74) is 0.226. The van der Waals surface area contributed by atoms with Crippen molar-refractivity contribution in [1.82, 2.24) is 10.3 Å². The van der Waals surface area contributed by atoms with E-state index in [4.69, 9.17) is 5.11 Å². The maximum absolute atomic E-state index is 11.9. The van der Waals surface area contributed by atoms with Crippen LogP contribution in [0.3, 0.4) is 0 Å². The molecule has 0 bridgehead atoms. The Morgan fingerprint density at radius 3 is 2.70 bits per heavy atom. The van der Waals surface area contributed by atoms with Gasteiger partial charge in [-0.2, -0.15) is 0 Å². The minimum absolute atomic E-state index is 0.0464. The predicted molar refractivity (Wildman–Crippen MR) is 72.1 cm³/mol. The highest BCUT2D eigenvalue weighted by atomic mass is 79.9. The second-order valence-corrected chi connectivity index (χ2v) is 4.79. The number of hydrogen-bond acceptors (Lipinski definition) is 5. The first kappa shape index (κ1) is 16.1. The molecule has 1 amide bonds. The third-order valence-electron chi connectivity index (χ3n) is 2.44. The van der Waals surface area contributed by atoms with Crippen LogP contribution >= 0.6 is 15.9 Å². The molecule has 1 aromatic rings. The first-order valence-electron chi connectivity index (χ1n) is 5.65. The van der Waals surface area contributed by atoms with Crippen LogP contribution in [0.15, 0.2) is 22.9 Å². The van der Waals surface area contributed by atoms with Crippen molar-refractivity contribution >= 4 is 33.8 Å². The number of halogens is 1. The number of esters is 1. The Hall–Kier alpha value is -1.96. The topological polar surface area (TPSA) is 106 Å². The Labute approximate surface area is 123 Å². The minimum Gasteiger partial charge on any atom is -0.480 e. The van der Waals surface area contributed by atoms with Gasteiger partial charge in [0.1, 0.15) is 6.04 Å². The minimum atomic E-state index is -1.22. The first-order valence-corrected chi connectivity index (χ1v) is 6.44. The molecule has 1 atom stereocenters. The van der Waals surface area contributed by atoms with Gasteiger partial charge in [0.2, 0.25) is 0 Å². The molecule has 1 aromatic heterocycles. The molecule has 1 rings (SSSR count). The van der Waals surface area contributed by atoms with E-state index in [2.05, 4.69) is 31.0 Å². The van der Waals surface area contributed by atoms with E-state index in [1.807, 2.05) is 0 Å². The number of aromatic nitrogens is 1. The molecule has 0 saturated heterocycles. The van der Waals surface area contributed by atoms with Crippen LogP contribution in [0.1, 0.15) is 23.2 Å². The number of carboxylic acids is 1. The van der Waals surface area contributed by atoms with Gasteiger partial charge in [0.15, 0.2) is 0 Å². The lowest BCUT2D eigenvalue weighted by atomic mass is 10.1. The summed E-state index contributed by atoms with van der Waals surface area (Å²) in [6.45, 7) is 0. The number of pyridine rings is 1. The lowest BCUT2D eigenvalue weighted by Gasteiger charge is -2.13. The second kappa shape index (κ2) is 7.59. The number of ether oxygens (including phenoxy) is 1. The van der Waals surface area contributed by atoms with Crippen molar-refractivity contribution in [2.45, 2.75) is 18.9 Å². The molecule has 0 radical (unpaired) electrons. The molecule has 0 aliphatic carbocycles. The smallest absolute Gasteiger partial charge is 0.326 e. The number of carbonyl (C=O) groups excluding carboxylic acids is 2. The summed E-state index contributed by atoms with van der Waals surface area (Å²) in [6, 6.07) is 0.349. The summed E-state index contributed by atoms with van der Waals surface area (Å²) in [4.78, 5) is 37.7. The fraction of sp³-hybridized carbons (Fsp3) is 0.333. The normalized spacial score (nSPS) is 11.5. The average Bonchev–Trinajstić information content (AvgIpc) is 2.42. The lowest BCUT2D eigenvalue weighted by molar-refractivity contribution is -0.142. The van der Waals surface area contributed by atoms with E-state index >= 15 is 0 Å². The van der Waals surface area contributed by atoms with Gasteiger partial charge in [0.25, 0.3) is 5.91 Å². The quantitative estimate of drug-likeness (QED) is 0.745. The Morgan fingerprint density at radius 2 is 2.15 bits per heavy atom. The monoisotopic (exact) mass is 344 g/mol. The highest BCUT2D eigenvalue weighted by molar-refractivity contribution is 9.10. The Balaban J connectivity index is 2.68. The van der Waals surface area contributed by atoms with Gasteiger partial charge in [-0.15, -0.1) is 0 Å². The number of nitrogens with one attached hydrogen (secondary N) is 1. The third-order valence-corrected chi connectivity index (χ3v) is 2.87. The highest BCUT2D eigenvalue weighted by Crippen LogP contribution is 2.10. The average molecular weight is 345 g/mol. The van der Waals surface area contributed by atoms with Crippen molar-refractivity contribution in [3.63, 3.8) is 0 Å². The van der Waals surface area contributed by atoms with Crippen molar-refractivity contribution in [3.05, 3.63) is 28.5 Å². The summed E-state index contributed by atoms with van der Waals surface area (Å²) in [5.74, 6) is -2.32. The first-order chi connectivity index (χ1) is 9.43. The van der Waals surface area contributed by atoms with Gasteiger partial charge in [-0.3, -0.25) is 14.6 Å². The van der Waals surface area contributed by atoms with Gasteiger partial charge >= 0.3 is 11.9 Å². The number of nitrogens with zero attached hydrogens (tertiary/aromatic N) is 1. The van der Waals surface area contributed by atoms with Crippen LogP contribution in [-0.2, 0) is 14.3 Å². The number of hydrogen-bond donors (Lipinski definition) is 2. The van der Waals surface area contributed by atoms with E-state index in [0.29, 0.717) is 4.47 Å². The number of methoxy groups -OCH3 is 1. The van der Waals surface area contributed by atoms with Gasteiger partial charge in [-0.1, -0.05) is 0 Å². The summed E-state index contributed by atoms with van der Waals surface area (Å²) in [6.07, 6.45) is 2.68. The molecule has 7 nitrogen and oxygen atoms in total. The lowest BCUT2D eigenvalue weighted by Crippen LogP contribution is -2.41. The summed E-state index contributed by atoms with van der Waals surface area (Å²) in [7, 11) is 1.21. The van der Waals surface area contributed by atoms with Crippen LogP contribution in [0.2, 0.25) is 0 Å². The maximum Gasteiger partial charge on any atom is 0.326 e. The van der Waals surface area contributed by atoms with Crippen molar-refractivity contribution in [2.75, 3.05) is 7.11 Å². The van der Waals surface area contributed by atoms with Crippen LogP contribution in [0.4, 0.5) is 0 Å². The van der Waals surface area contributed by atoms with Crippen molar-refractivity contribution < 1.29 is 24.2 Å². The number of carboxylic acid groups (broad SMARTS) is 1. The van der Waals surface area contributed by atoms with E-state index in [0.717, 1.165) is 0 Å². The Bertz CT molecular complexity index is 520. The van der Waals surface area contributed by atoms with E-state index in [1.165, 1.54) is 25.6 Å². The van der Waals surface area contributed by atoms with Crippen LogP contribution in [0.25, 0.3) is 0 Å². The molecular formula is C12H13BrN2O5. The van der Waals surface area contributed by atoms with Gasteiger partial charge in [-0.05, 0) is 28.4 Å². The van der Waals surface area contributed by atoms with Crippen LogP contribution < -0.4 is 5.32 Å². The molecule has 8 heteroatoms. The molecule has 0 aliphatic heterocycles. The van der Waals surface area contributed by atoms with Crippen molar-refractivity contribution in [1.29, 1.82) is 0 Å². The number of amides is 1. The Morgan fingerprint density at radius 1 is 1.45 bits per heavy atom. The summed E-state index contributed by atoms with van der Waals surface area (Å²) < 4.78 is 5.03. The maximum atomic E-state index is 11.9. The largest absolute Gasteiger partial charge is 0.480 e. The fourth-order valence-corrected chi connectivity index (χ4v) is 1.76. The van der Waals surface area contributed by atoms with Crippen LogP contribution in [-0.4, -0.2) is 41.1 Å². The summed E-state index contributed by atoms with van der Waals surface area (Å²) >= 11 is 3.16. The predicted octanol–water partition coefficient (Wildman–Crippen LogP) is 0.980. The zero-order chi connectivity index (χ0) is 15.1. The second-order valence-electron chi connectivity index (χ2n) is 3.87. The molecule has 0 saturated carbocycles.